The number of carbonyl (C=O) groups excluding carboxylic acids is 3. The van der Waals surface area contributed by atoms with Crippen molar-refractivity contribution in [3.05, 3.63) is 94.5 Å². The Morgan fingerprint density at radius 2 is 1.83 bits per heavy atom. The van der Waals surface area contributed by atoms with E-state index in [2.05, 4.69) is 15.4 Å². The van der Waals surface area contributed by atoms with Gasteiger partial charge in [0.2, 0.25) is 0 Å². The van der Waals surface area contributed by atoms with Crippen LogP contribution in [0.15, 0.2) is 67.0 Å². The number of carbonyl (C=O) groups is 3. The molecule has 0 saturated carbocycles. The largest absolute Gasteiger partial charge is 0.345 e. The predicted octanol–water partition coefficient (Wildman–Crippen LogP) is 3.32. The van der Waals surface area contributed by atoms with Crippen molar-refractivity contribution in [2.45, 2.75) is 12.5 Å². The van der Waals surface area contributed by atoms with E-state index < -0.39 is 29.6 Å². The summed E-state index contributed by atoms with van der Waals surface area (Å²) in [7, 11) is 1.80. The molecule has 0 spiro atoms. The first-order valence-electron chi connectivity index (χ1n) is 10.9. The first-order valence-corrected chi connectivity index (χ1v) is 11.7. The average Bonchev–Trinajstić information content (AvgIpc) is 3.55. The molecule has 4 aromatic rings. The summed E-state index contributed by atoms with van der Waals surface area (Å²) in [6, 6.07) is 13.8. The Balaban J connectivity index is 1.38. The Kier molecular flexibility index (Phi) is 5.96. The molecule has 0 bridgehead atoms. The van der Waals surface area contributed by atoms with Crippen molar-refractivity contribution in [2.24, 2.45) is 7.05 Å². The van der Waals surface area contributed by atoms with E-state index in [1.807, 2.05) is 6.07 Å². The molecule has 10 heteroatoms. The zero-order valence-electron chi connectivity index (χ0n) is 18.6. The number of halogens is 1. The van der Waals surface area contributed by atoms with E-state index in [1.54, 1.807) is 60.5 Å². The van der Waals surface area contributed by atoms with E-state index >= 15 is 0 Å². The fraction of sp³-hybridized carbons (Fsp3) is 0.160. The zero-order chi connectivity index (χ0) is 24.5. The minimum Gasteiger partial charge on any atom is -0.345 e. The fourth-order valence-electron chi connectivity index (χ4n) is 4.10. The molecule has 1 aliphatic heterocycles. The van der Waals surface area contributed by atoms with Crippen LogP contribution in [0.25, 0.3) is 10.6 Å². The monoisotopic (exact) mass is 489 g/mol. The third kappa shape index (κ3) is 4.47. The minimum atomic E-state index is -0.657. The third-order valence-corrected chi connectivity index (χ3v) is 6.78. The van der Waals surface area contributed by atoms with Gasteiger partial charge in [-0.15, -0.1) is 11.3 Å². The quantitative estimate of drug-likeness (QED) is 0.402. The Morgan fingerprint density at radius 3 is 2.49 bits per heavy atom. The van der Waals surface area contributed by atoms with E-state index in [-0.39, 0.29) is 18.0 Å². The van der Waals surface area contributed by atoms with Gasteiger partial charge in [0.25, 0.3) is 17.7 Å². The molecule has 2 aromatic carbocycles. The minimum absolute atomic E-state index is 0.0609. The van der Waals surface area contributed by atoms with Crippen LogP contribution in [0, 0.1) is 5.82 Å². The van der Waals surface area contributed by atoms with Crippen molar-refractivity contribution in [3.63, 3.8) is 0 Å². The molecule has 1 aliphatic rings. The van der Waals surface area contributed by atoms with Crippen molar-refractivity contribution in [2.75, 3.05) is 6.54 Å². The molecule has 35 heavy (non-hydrogen) atoms. The second kappa shape index (κ2) is 9.22. The summed E-state index contributed by atoms with van der Waals surface area (Å²) in [4.78, 5) is 45.0. The summed E-state index contributed by atoms with van der Waals surface area (Å²) in [6.07, 6.45) is 3.48. The number of rotatable bonds is 7. The van der Waals surface area contributed by atoms with Crippen molar-refractivity contribution in [1.82, 2.24) is 25.0 Å². The second-order valence-electron chi connectivity index (χ2n) is 8.14. The molecule has 0 aliphatic carbocycles. The highest BCUT2D eigenvalue weighted by Crippen LogP contribution is 2.26. The number of aryl methyl sites for hydroxylation is 1. The van der Waals surface area contributed by atoms with Gasteiger partial charge in [-0.1, -0.05) is 24.3 Å². The first kappa shape index (κ1) is 22.6. The average molecular weight is 490 g/mol. The molecule has 0 fully saturated rings. The summed E-state index contributed by atoms with van der Waals surface area (Å²) in [5.41, 5.74) is 2.11. The van der Waals surface area contributed by atoms with Crippen molar-refractivity contribution < 1.29 is 18.8 Å². The van der Waals surface area contributed by atoms with Crippen molar-refractivity contribution >= 4 is 29.1 Å². The van der Waals surface area contributed by atoms with Crippen LogP contribution in [0.1, 0.15) is 36.1 Å². The van der Waals surface area contributed by atoms with E-state index in [0.717, 1.165) is 15.5 Å². The number of imide groups is 1. The van der Waals surface area contributed by atoms with Crippen molar-refractivity contribution in [3.8, 4) is 10.6 Å². The van der Waals surface area contributed by atoms with Crippen LogP contribution in [0.2, 0.25) is 0 Å². The molecule has 1 N–H and O–H groups in total. The topological polar surface area (TPSA) is 97.2 Å². The Bertz CT molecular complexity index is 1410. The number of aromatic nitrogens is 3. The van der Waals surface area contributed by atoms with Gasteiger partial charge < -0.3 is 5.32 Å². The first-order chi connectivity index (χ1) is 16.9. The highest BCUT2D eigenvalue weighted by Gasteiger charge is 2.36. The highest BCUT2D eigenvalue weighted by molar-refractivity contribution is 7.16. The lowest BCUT2D eigenvalue weighted by atomic mass is 10.0. The van der Waals surface area contributed by atoms with Crippen LogP contribution in [-0.2, 0) is 13.5 Å². The van der Waals surface area contributed by atoms with E-state index in [9.17, 15) is 18.8 Å². The number of thiazole rings is 1. The molecule has 176 valence electrons. The number of hydrogen-bond donors (Lipinski definition) is 1. The summed E-state index contributed by atoms with van der Waals surface area (Å²) in [5.74, 6) is -1.69. The van der Waals surface area contributed by atoms with Gasteiger partial charge in [0.1, 0.15) is 5.82 Å². The zero-order valence-corrected chi connectivity index (χ0v) is 19.5. The number of fused-ring (bicyclic) bond motifs is 1. The highest BCUT2D eigenvalue weighted by atomic mass is 32.1. The van der Waals surface area contributed by atoms with Gasteiger partial charge >= 0.3 is 0 Å². The number of hydrogen-bond acceptors (Lipinski definition) is 6. The van der Waals surface area contributed by atoms with E-state index in [4.69, 9.17) is 0 Å². The van der Waals surface area contributed by atoms with Crippen molar-refractivity contribution in [1.29, 1.82) is 0 Å². The van der Waals surface area contributed by atoms with Gasteiger partial charge in [-0.2, -0.15) is 5.10 Å². The maximum atomic E-state index is 13.8. The van der Waals surface area contributed by atoms with E-state index in [0.29, 0.717) is 16.7 Å². The predicted molar refractivity (Wildman–Crippen MR) is 127 cm³/mol. The molecule has 0 radical (unpaired) electrons. The second-order valence-corrected chi connectivity index (χ2v) is 9.17. The lowest BCUT2D eigenvalue weighted by molar-refractivity contribution is 0.0628. The Morgan fingerprint density at radius 1 is 1.09 bits per heavy atom. The molecular formula is C25H20FN5O3S. The summed E-state index contributed by atoms with van der Waals surface area (Å²) >= 11 is 1.21. The lowest BCUT2D eigenvalue weighted by Crippen LogP contribution is -2.47. The summed E-state index contributed by atoms with van der Waals surface area (Å²) in [5, 5.41) is 7.25. The molecule has 8 nitrogen and oxygen atoms in total. The summed E-state index contributed by atoms with van der Waals surface area (Å²) < 4.78 is 15.5. The molecule has 5 rings (SSSR count). The molecule has 3 heterocycles. The van der Waals surface area contributed by atoms with Gasteiger partial charge in [-0.3, -0.25) is 24.0 Å². The smallest absolute Gasteiger partial charge is 0.280 e. The Labute approximate surface area is 204 Å². The molecule has 0 saturated heterocycles. The summed E-state index contributed by atoms with van der Waals surface area (Å²) in [6.45, 7) is -0.0609. The van der Waals surface area contributed by atoms with Gasteiger partial charge in [-0.05, 0) is 42.3 Å². The van der Waals surface area contributed by atoms with Gasteiger partial charge in [0.15, 0.2) is 5.01 Å². The lowest BCUT2D eigenvalue weighted by Gasteiger charge is -2.23. The maximum absolute atomic E-state index is 13.8. The van der Waals surface area contributed by atoms with Gasteiger partial charge in [0, 0.05) is 26.0 Å². The molecule has 3 amide bonds. The number of nitrogens with zero attached hydrogens (tertiary/aromatic N) is 4. The van der Waals surface area contributed by atoms with Crippen LogP contribution in [0.5, 0.6) is 0 Å². The van der Waals surface area contributed by atoms with E-state index in [1.165, 1.54) is 23.5 Å². The number of nitrogens with one attached hydrogen (secondary N) is 1. The Hall–Kier alpha value is -4.18. The number of benzene rings is 2. The van der Waals surface area contributed by atoms with Crippen LogP contribution in [0.4, 0.5) is 4.39 Å². The van der Waals surface area contributed by atoms with Gasteiger partial charge in [-0.25, -0.2) is 9.37 Å². The number of amides is 3. The maximum Gasteiger partial charge on any atom is 0.280 e. The van der Waals surface area contributed by atoms with Crippen LogP contribution >= 0.6 is 11.3 Å². The standard InChI is InChI=1S/C25H20FN5O3S/c1-30-20(9-10-28-30)21-13-27-23(35-21)22(32)29-17(12-15-5-4-6-16(26)11-15)14-31-24(33)18-7-2-3-8-19(18)25(31)34/h2-11,13,17H,12,14H2,1H3,(H,29,32)/t17-/m0/s1. The van der Waals surface area contributed by atoms with Crippen LogP contribution < -0.4 is 5.32 Å². The normalized spacial score (nSPS) is 13.7. The molecular weight excluding hydrogens is 469 g/mol. The molecule has 1 atom stereocenters. The van der Waals surface area contributed by atoms with Gasteiger partial charge in [0.05, 0.1) is 27.7 Å². The van der Waals surface area contributed by atoms with Crippen LogP contribution in [0.3, 0.4) is 0 Å². The van der Waals surface area contributed by atoms with Crippen LogP contribution in [-0.4, -0.2) is 50.0 Å². The fourth-order valence-corrected chi connectivity index (χ4v) is 4.97. The molecule has 2 aromatic heterocycles. The molecule has 0 unspecified atom stereocenters. The third-order valence-electron chi connectivity index (χ3n) is 5.76. The SMILES string of the molecule is Cn1nccc1-c1cnc(C(=O)N[C@@H](Cc2cccc(F)c2)CN2C(=O)c3ccccc3C2=O)s1.